The van der Waals surface area contributed by atoms with E-state index in [1.807, 2.05) is 42.5 Å². The SMILES string of the molecule is O=C(CC(C(=O)Nc1ccccc1)N1CCOCC1)c1ccc2c(c1)CCCC2. The molecule has 29 heavy (non-hydrogen) atoms. The Morgan fingerprint density at radius 3 is 2.45 bits per heavy atom. The van der Waals surface area contributed by atoms with Crippen molar-refractivity contribution in [1.29, 1.82) is 0 Å². The first-order chi connectivity index (χ1) is 14.2. The number of benzene rings is 2. The van der Waals surface area contributed by atoms with Crippen LogP contribution in [0.5, 0.6) is 0 Å². The van der Waals surface area contributed by atoms with E-state index in [4.69, 9.17) is 4.74 Å². The summed E-state index contributed by atoms with van der Waals surface area (Å²) in [4.78, 5) is 28.2. The van der Waals surface area contributed by atoms with Gasteiger partial charge in [-0.05, 0) is 55.0 Å². The molecule has 0 saturated carbocycles. The van der Waals surface area contributed by atoms with Crippen LogP contribution in [0.2, 0.25) is 0 Å². The Bertz CT molecular complexity index is 860. The fourth-order valence-corrected chi connectivity index (χ4v) is 4.22. The smallest absolute Gasteiger partial charge is 0.242 e. The molecule has 2 aromatic carbocycles. The molecule has 1 saturated heterocycles. The highest BCUT2D eigenvalue weighted by Crippen LogP contribution is 2.23. The average molecular weight is 392 g/mol. The number of Topliss-reactive ketones (excluding diaryl/α,β-unsaturated/α-hetero) is 1. The molecule has 152 valence electrons. The highest BCUT2D eigenvalue weighted by molar-refractivity contribution is 6.02. The number of ketones is 1. The number of anilines is 1. The van der Waals surface area contributed by atoms with Crippen LogP contribution in [0.4, 0.5) is 5.69 Å². The number of hydrogen-bond acceptors (Lipinski definition) is 4. The Morgan fingerprint density at radius 2 is 1.69 bits per heavy atom. The summed E-state index contributed by atoms with van der Waals surface area (Å²) in [5.74, 6) is -0.109. The summed E-state index contributed by atoms with van der Waals surface area (Å²) >= 11 is 0. The fraction of sp³-hybridized carbons (Fsp3) is 0.417. The molecule has 0 radical (unpaired) electrons. The number of carbonyl (C=O) groups is 2. The molecule has 0 aromatic heterocycles. The minimum absolute atomic E-state index is 0.0260. The largest absolute Gasteiger partial charge is 0.379 e. The topological polar surface area (TPSA) is 58.6 Å². The monoisotopic (exact) mass is 392 g/mol. The first-order valence-electron chi connectivity index (χ1n) is 10.5. The maximum Gasteiger partial charge on any atom is 0.242 e. The van der Waals surface area contributed by atoms with E-state index in [0.29, 0.717) is 26.3 Å². The molecule has 1 unspecified atom stereocenters. The lowest BCUT2D eigenvalue weighted by atomic mass is 9.89. The third kappa shape index (κ3) is 4.92. The second-order valence-electron chi connectivity index (χ2n) is 7.84. The van der Waals surface area contributed by atoms with Crippen molar-refractivity contribution in [3.05, 3.63) is 65.2 Å². The summed E-state index contributed by atoms with van der Waals surface area (Å²) in [5.41, 5.74) is 4.12. The van der Waals surface area contributed by atoms with E-state index < -0.39 is 6.04 Å². The number of nitrogens with zero attached hydrogens (tertiary/aromatic N) is 1. The Kier molecular flexibility index (Phi) is 6.37. The summed E-state index contributed by atoms with van der Waals surface area (Å²) < 4.78 is 5.44. The van der Waals surface area contributed by atoms with Crippen LogP contribution in [0, 0.1) is 0 Å². The summed E-state index contributed by atoms with van der Waals surface area (Å²) in [5, 5.41) is 2.97. The average Bonchev–Trinajstić information content (AvgIpc) is 2.78. The lowest BCUT2D eigenvalue weighted by Gasteiger charge is -2.33. The summed E-state index contributed by atoms with van der Waals surface area (Å²) in [6.07, 6.45) is 4.72. The van der Waals surface area contributed by atoms with E-state index in [9.17, 15) is 9.59 Å². The minimum atomic E-state index is -0.498. The minimum Gasteiger partial charge on any atom is -0.379 e. The summed E-state index contributed by atoms with van der Waals surface area (Å²) in [6.45, 7) is 2.49. The third-order valence-electron chi connectivity index (χ3n) is 5.88. The number of aryl methyl sites for hydroxylation is 2. The van der Waals surface area contributed by atoms with Gasteiger partial charge in [-0.15, -0.1) is 0 Å². The van der Waals surface area contributed by atoms with Crippen LogP contribution >= 0.6 is 0 Å². The molecule has 1 aliphatic heterocycles. The molecule has 2 aliphatic rings. The molecule has 1 fully saturated rings. The lowest BCUT2D eigenvalue weighted by molar-refractivity contribution is -0.123. The Morgan fingerprint density at radius 1 is 0.966 bits per heavy atom. The molecule has 5 nitrogen and oxygen atoms in total. The van der Waals surface area contributed by atoms with Gasteiger partial charge in [0.25, 0.3) is 0 Å². The van der Waals surface area contributed by atoms with Crippen molar-refractivity contribution in [1.82, 2.24) is 4.90 Å². The van der Waals surface area contributed by atoms with Crippen LogP contribution in [0.25, 0.3) is 0 Å². The number of carbonyl (C=O) groups excluding carboxylic acids is 2. The molecule has 5 heteroatoms. The van der Waals surface area contributed by atoms with E-state index in [2.05, 4.69) is 16.3 Å². The number of morpholine rings is 1. The van der Waals surface area contributed by atoms with Crippen LogP contribution in [0.1, 0.15) is 40.7 Å². The molecule has 0 spiro atoms. The van der Waals surface area contributed by atoms with Crippen molar-refractivity contribution in [2.75, 3.05) is 31.6 Å². The van der Waals surface area contributed by atoms with E-state index in [1.54, 1.807) is 0 Å². The molecular formula is C24H28N2O3. The van der Waals surface area contributed by atoms with Gasteiger partial charge >= 0.3 is 0 Å². The quantitative estimate of drug-likeness (QED) is 0.765. The van der Waals surface area contributed by atoms with Gasteiger partial charge in [0, 0.05) is 30.8 Å². The molecule has 2 aromatic rings. The molecule has 0 bridgehead atoms. The second kappa shape index (κ2) is 9.33. The fourth-order valence-electron chi connectivity index (χ4n) is 4.22. The van der Waals surface area contributed by atoms with E-state index in [0.717, 1.165) is 24.1 Å². The zero-order chi connectivity index (χ0) is 20.1. The maximum atomic E-state index is 13.1. The molecule has 1 atom stereocenters. The third-order valence-corrected chi connectivity index (χ3v) is 5.88. The Labute approximate surface area is 172 Å². The summed E-state index contributed by atoms with van der Waals surface area (Å²) in [7, 11) is 0. The predicted molar refractivity (Wildman–Crippen MR) is 113 cm³/mol. The molecule has 1 amide bonds. The van der Waals surface area contributed by atoms with Gasteiger partial charge in [-0.1, -0.05) is 30.3 Å². The van der Waals surface area contributed by atoms with Gasteiger partial charge < -0.3 is 10.1 Å². The van der Waals surface area contributed by atoms with Crippen molar-refractivity contribution in [3.63, 3.8) is 0 Å². The number of ether oxygens (including phenoxy) is 1. The first-order valence-corrected chi connectivity index (χ1v) is 10.5. The molecule has 1 N–H and O–H groups in total. The highest BCUT2D eigenvalue weighted by Gasteiger charge is 2.30. The molecule has 1 heterocycles. The number of amides is 1. The van der Waals surface area contributed by atoms with E-state index in [1.165, 1.54) is 24.0 Å². The number of hydrogen-bond donors (Lipinski definition) is 1. The van der Waals surface area contributed by atoms with E-state index in [-0.39, 0.29) is 18.1 Å². The number of fused-ring (bicyclic) bond motifs is 1. The number of nitrogens with one attached hydrogen (secondary N) is 1. The second-order valence-corrected chi connectivity index (χ2v) is 7.84. The van der Waals surface area contributed by atoms with Crippen molar-refractivity contribution in [2.24, 2.45) is 0 Å². The zero-order valence-electron chi connectivity index (χ0n) is 16.7. The Balaban J connectivity index is 1.51. The van der Waals surface area contributed by atoms with Gasteiger partial charge in [0.15, 0.2) is 5.78 Å². The van der Waals surface area contributed by atoms with Crippen molar-refractivity contribution in [3.8, 4) is 0 Å². The normalized spacial score (nSPS) is 17.9. The van der Waals surface area contributed by atoms with Crippen LogP contribution < -0.4 is 5.32 Å². The standard InChI is InChI=1S/C24H28N2O3/c27-23(20-11-10-18-6-4-5-7-19(18)16-20)17-22(26-12-14-29-15-13-26)24(28)25-21-8-2-1-3-9-21/h1-3,8-11,16,22H,4-7,12-15,17H2,(H,25,28). The van der Waals surface area contributed by atoms with Crippen LogP contribution in [0.15, 0.2) is 48.5 Å². The first kappa shape index (κ1) is 19.8. The van der Waals surface area contributed by atoms with Gasteiger partial charge in [0.2, 0.25) is 5.91 Å². The maximum absolute atomic E-state index is 13.1. The lowest BCUT2D eigenvalue weighted by Crippen LogP contribution is -2.50. The van der Waals surface area contributed by atoms with Crippen LogP contribution in [-0.4, -0.2) is 48.9 Å². The van der Waals surface area contributed by atoms with Gasteiger partial charge in [0.05, 0.1) is 19.3 Å². The predicted octanol–water partition coefficient (Wildman–Crippen LogP) is 3.48. The Hall–Kier alpha value is -2.50. The van der Waals surface area contributed by atoms with Gasteiger partial charge in [-0.25, -0.2) is 0 Å². The highest BCUT2D eigenvalue weighted by atomic mass is 16.5. The number of rotatable bonds is 6. The zero-order valence-corrected chi connectivity index (χ0v) is 16.7. The van der Waals surface area contributed by atoms with Crippen molar-refractivity contribution in [2.45, 2.75) is 38.1 Å². The van der Waals surface area contributed by atoms with E-state index >= 15 is 0 Å². The van der Waals surface area contributed by atoms with Crippen LogP contribution in [0.3, 0.4) is 0 Å². The van der Waals surface area contributed by atoms with Gasteiger partial charge in [0.1, 0.15) is 0 Å². The summed E-state index contributed by atoms with van der Waals surface area (Å²) in [6, 6.07) is 15.0. The number of para-hydroxylation sites is 1. The van der Waals surface area contributed by atoms with Gasteiger partial charge in [-0.3, -0.25) is 14.5 Å². The molecular weight excluding hydrogens is 364 g/mol. The van der Waals surface area contributed by atoms with Crippen LogP contribution in [-0.2, 0) is 22.4 Å². The van der Waals surface area contributed by atoms with Crippen molar-refractivity contribution < 1.29 is 14.3 Å². The molecule has 1 aliphatic carbocycles. The van der Waals surface area contributed by atoms with Crippen molar-refractivity contribution >= 4 is 17.4 Å². The van der Waals surface area contributed by atoms with Gasteiger partial charge in [-0.2, -0.15) is 0 Å². The molecule has 4 rings (SSSR count).